The number of piperidine rings is 1. The molecule has 1 saturated heterocycles. The maximum atomic E-state index is 12.6. The van der Waals surface area contributed by atoms with Gasteiger partial charge in [0.15, 0.2) is 0 Å². The molecule has 4 heteroatoms. The lowest BCUT2D eigenvalue weighted by atomic mass is 9.89. The minimum absolute atomic E-state index is 0.0428. The van der Waals surface area contributed by atoms with Gasteiger partial charge in [-0.15, -0.1) is 0 Å². The number of aromatic hydroxyl groups is 2. The van der Waals surface area contributed by atoms with Crippen molar-refractivity contribution in [1.29, 1.82) is 0 Å². The summed E-state index contributed by atoms with van der Waals surface area (Å²) in [6, 6.07) is 12.4. The number of aryl methyl sites for hydroxylation is 1. The zero-order valence-corrected chi connectivity index (χ0v) is 13.2. The summed E-state index contributed by atoms with van der Waals surface area (Å²) in [5.74, 6) is 0.624. The molecule has 0 saturated carbocycles. The molecule has 0 aliphatic carbocycles. The molecule has 0 aromatic heterocycles. The minimum atomic E-state index is -0.102. The molecule has 3 rings (SSSR count). The second-order valence-corrected chi connectivity index (χ2v) is 6.18. The predicted octanol–water partition coefficient (Wildman–Crippen LogP) is 3.43. The first kappa shape index (κ1) is 15.4. The van der Waals surface area contributed by atoms with Gasteiger partial charge in [0.25, 0.3) is 5.91 Å². The highest BCUT2D eigenvalue weighted by Crippen LogP contribution is 2.30. The predicted molar refractivity (Wildman–Crippen MR) is 88.8 cm³/mol. The summed E-state index contributed by atoms with van der Waals surface area (Å²) in [6.45, 7) is 3.27. The highest BCUT2D eigenvalue weighted by Gasteiger charge is 2.25. The molecule has 1 aliphatic rings. The average molecular weight is 311 g/mol. The summed E-state index contributed by atoms with van der Waals surface area (Å²) in [5, 5.41) is 19.3. The van der Waals surface area contributed by atoms with Gasteiger partial charge in [0.1, 0.15) is 11.5 Å². The van der Waals surface area contributed by atoms with Crippen LogP contribution in [0.3, 0.4) is 0 Å². The van der Waals surface area contributed by atoms with Gasteiger partial charge in [0.05, 0.1) is 5.56 Å². The van der Waals surface area contributed by atoms with Crippen LogP contribution in [0.25, 0.3) is 0 Å². The van der Waals surface area contributed by atoms with Crippen molar-refractivity contribution in [3.63, 3.8) is 0 Å². The molecule has 1 amide bonds. The first-order valence-corrected chi connectivity index (χ1v) is 7.92. The standard InChI is InChI=1S/C19H21NO3/c1-13-2-7-18(22)17(12-13)19(23)20-10-8-15(9-11-20)14-3-5-16(21)6-4-14/h2-7,12,15,21-22H,8-11H2,1H3. The molecule has 0 spiro atoms. The van der Waals surface area contributed by atoms with Crippen LogP contribution in [0.5, 0.6) is 11.5 Å². The Morgan fingerprint density at radius 3 is 2.35 bits per heavy atom. The molecule has 0 radical (unpaired) electrons. The molecule has 2 aromatic rings. The molecule has 1 heterocycles. The number of carbonyl (C=O) groups excluding carboxylic acids is 1. The Morgan fingerprint density at radius 2 is 1.70 bits per heavy atom. The molecule has 120 valence electrons. The van der Waals surface area contributed by atoms with E-state index < -0.39 is 0 Å². The number of phenolic OH excluding ortho intramolecular Hbond substituents is 2. The van der Waals surface area contributed by atoms with E-state index in [1.165, 1.54) is 5.56 Å². The van der Waals surface area contributed by atoms with E-state index in [0.29, 0.717) is 24.6 Å². The second kappa shape index (κ2) is 6.32. The van der Waals surface area contributed by atoms with Crippen LogP contribution in [0.15, 0.2) is 42.5 Å². The molecule has 0 atom stereocenters. The van der Waals surface area contributed by atoms with Crippen molar-refractivity contribution in [2.75, 3.05) is 13.1 Å². The van der Waals surface area contributed by atoms with Crippen LogP contribution >= 0.6 is 0 Å². The summed E-state index contributed by atoms with van der Waals surface area (Å²) in [6.07, 6.45) is 1.78. The van der Waals surface area contributed by atoms with Crippen molar-refractivity contribution < 1.29 is 15.0 Å². The zero-order chi connectivity index (χ0) is 16.4. The van der Waals surface area contributed by atoms with Gasteiger partial charge in [-0.25, -0.2) is 0 Å². The van der Waals surface area contributed by atoms with Gasteiger partial charge in [-0.1, -0.05) is 23.8 Å². The highest BCUT2D eigenvalue weighted by molar-refractivity contribution is 5.97. The second-order valence-electron chi connectivity index (χ2n) is 6.18. The van der Waals surface area contributed by atoms with E-state index in [1.54, 1.807) is 30.3 Å². The third kappa shape index (κ3) is 3.31. The van der Waals surface area contributed by atoms with Gasteiger partial charge in [-0.3, -0.25) is 4.79 Å². The smallest absolute Gasteiger partial charge is 0.257 e. The van der Waals surface area contributed by atoms with E-state index in [-0.39, 0.29) is 17.4 Å². The summed E-state index contributed by atoms with van der Waals surface area (Å²) in [4.78, 5) is 14.4. The summed E-state index contributed by atoms with van der Waals surface area (Å²) in [5.41, 5.74) is 2.55. The molecule has 1 aliphatic heterocycles. The number of benzene rings is 2. The average Bonchev–Trinajstić information content (AvgIpc) is 2.57. The van der Waals surface area contributed by atoms with Crippen molar-refractivity contribution in [3.8, 4) is 11.5 Å². The third-order valence-electron chi connectivity index (χ3n) is 4.53. The Morgan fingerprint density at radius 1 is 1.04 bits per heavy atom. The summed E-state index contributed by atoms with van der Waals surface area (Å²) >= 11 is 0. The van der Waals surface area contributed by atoms with Crippen molar-refractivity contribution >= 4 is 5.91 Å². The lowest BCUT2D eigenvalue weighted by Gasteiger charge is -2.32. The van der Waals surface area contributed by atoms with Gasteiger partial charge in [-0.2, -0.15) is 0 Å². The van der Waals surface area contributed by atoms with Crippen LogP contribution in [0.4, 0.5) is 0 Å². The maximum absolute atomic E-state index is 12.6. The first-order valence-electron chi connectivity index (χ1n) is 7.92. The number of hydrogen-bond acceptors (Lipinski definition) is 3. The number of hydrogen-bond donors (Lipinski definition) is 2. The molecular formula is C19H21NO3. The SMILES string of the molecule is Cc1ccc(O)c(C(=O)N2CCC(c3ccc(O)cc3)CC2)c1. The Kier molecular flexibility index (Phi) is 4.24. The molecule has 23 heavy (non-hydrogen) atoms. The van der Waals surface area contributed by atoms with E-state index in [0.717, 1.165) is 18.4 Å². The Labute approximate surface area is 136 Å². The molecule has 2 aromatic carbocycles. The van der Waals surface area contributed by atoms with Gasteiger partial charge in [0, 0.05) is 13.1 Å². The van der Waals surface area contributed by atoms with Crippen LogP contribution in [0.2, 0.25) is 0 Å². The number of amides is 1. The van der Waals surface area contributed by atoms with E-state index >= 15 is 0 Å². The topological polar surface area (TPSA) is 60.8 Å². The van der Waals surface area contributed by atoms with Gasteiger partial charge < -0.3 is 15.1 Å². The molecule has 1 fully saturated rings. The fourth-order valence-electron chi connectivity index (χ4n) is 3.15. The number of likely N-dealkylation sites (tertiary alicyclic amines) is 1. The van der Waals surface area contributed by atoms with Crippen molar-refractivity contribution in [2.45, 2.75) is 25.7 Å². The van der Waals surface area contributed by atoms with Gasteiger partial charge in [0.2, 0.25) is 0 Å². The number of nitrogens with zero attached hydrogens (tertiary/aromatic N) is 1. The number of rotatable bonds is 2. The quantitative estimate of drug-likeness (QED) is 0.893. The largest absolute Gasteiger partial charge is 0.508 e. The van der Waals surface area contributed by atoms with Crippen LogP contribution in [0.1, 0.15) is 40.2 Å². The molecule has 0 unspecified atom stereocenters. The zero-order valence-electron chi connectivity index (χ0n) is 13.2. The van der Waals surface area contributed by atoms with Crippen molar-refractivity contribution in [2.24, 2.45) is 0 Å². The third-order valence-corrected chi connectivity index (χ3v) is 4.53. The van der Waals surface area contributed by atoms with Crippen LogP contribution in [-0.4, -0.2) is 34.1 Å². The molecular weight excluding hydrogens is 290 g/mol. The lowest BCUT2D eigenvalue weighted by molar-refractivity contribution is 0.0710. The fourth-order valence-corrected chi connectivity index (χ4v) is 3.15. The van der Waals surface area contributed by atoms with Crippen LogP contribution in [-0.2, 0) is 0 Å². The van der Waals surface area contributed by atoms with E-state index in [1.807, 2.05) is 24.0 Å². The fraction of sp³-hybridized carbons (Fsp3) is 0.316. The lowest BCUT2D eigenvalue weighted by Crippen LogP contribution is -2.38. The van der Waals surface area contributed by atoms with Crippen molar-refractivity contribution in [1.82, 2.24) is 4.90 Å². The van der Waals surface area contributed by atoms with Gasteiger partial charge in [-0.05, 0) is 55.5 Å². The minimum Gasteiger partial charge on any atom is -0.508 e. The molecule has 4 nitrogen and oxygen atoms in total. The maximum Gasteiger partial charge on any atom is 0.257 e. The number of carbonyl (C=O) groups is 1. The number of phenols is 2. The first-order chi connectivity index (χ1) is 11.0. The van der Waals surface area contributed by atoms with E-state index in [4.69, 9.17) is 0 Å². The van der Waals surface area contributed by atoms with E-state index in [9.17, 15) is 15.0 Å². The summed E-state index contributed by atoms with van der Waals surface area (Å²) < 4.78 is 0. The Bertz CT molecular complexity index is 701. The van der Waals surface area contributed by atoms with Crippen LogP contribution < -0.4 is 0 Å². The molecule has 0 bridgehead atoms. The monoisotopic (exact) mass is 311 g/mol. The van der Waals surface area contributed by atoms with E-state index in [2.05, 4.69) is 0 Å². The Hall–Kier alpha value is -2.49. The van der Waals surface area contributed by atoms with Gasteiger partial charge >= 0.3 is 0 Å². The normalized spacial score (nSPS) is 15.6. The summed E-state index contributed by atoms with van der Waals surface area (Å²) in [7, 11) is 0. The highest BCUT2D eigenvalue weighted by atomic mass is 16.3. The molecule has 2 N–H and O–H groups in total. The van der Waals surface area contributed by atoms with Crippen molar-refractivity contribution in [3.05, 3.63) is 59.2 Å². The van der Waals surface area contributed by atoms with Crippen LogP contribution in [0, 0.1) is 6.92 Å². The Balaban J connectivity index is 1.67.